The van der Waals surface area contributed by atoms with E-state index in [1.807, 2.05) is 25.1 Å². The Morgan fingerprint density at radius 3 is 2.88 bits per heavy atom. The van der Waals surface area contributed by atoms with Gasteiger partial charge in [0.25, 0.3) is 0 Å². The van der Waals surface area contributed by atoms with Gasteiger partial charge in [0, 0.05) is 12.6 Å². The van der Waals surface area contributed by atoms with Gasteiger partial charge in [-0.2, -0.15) is 0 Å². The molecule has 2 rings (SSSR count). The number of benzene rings is 1. The Bertz CT molecular complexity index is 431. The minimum atomic E-state index is -0.722. The number of rotatable bonds is 3. The van der Waals surface area contributed by atoms with Crippen molar-refractivity contribution in [2.45, 2.75) is 19.4 Å². The number of aliphatic carboxylic acids is 1. The number of carbonyl (C=O) groups is 1. The Hall–Kier alpha value is -1.55. The van der Waals surface area contributed by atoms with Crippen LogP contribution in [0.5, 0.6) is 5.75 Å². The quantitative estimate of drug-likeness (QED) is 0.837. The minimum absolute atomic E-state index is 0.117. The van der Waals surface area contributed by atoms with Gasteiger partial charge in [0.2, 0.25) is 0 Å². The Labute approximate surface area is 101 Å². The van der Waals surface area contributed by atoms with E-state index in [0.717, 1.165) is 16.9 Å². The minimum Gasteiger partial charge on any atom is -0.496 e. The Morgan fingerprint density at radius 2 is 2.29 bits per heavy atom. The molecule has 92 valence electrons. The monoisotopic (exact) mass is 235 g/mol. The van der Waals surface area contributed by atoms with E-state index < -0.39 is 5.97 Å². The summed E-state index contributed by atoms with van der Waals surface area (Å²) >= 11 is 0. The molecule has 0 aromatic heterocycles. The van der Waals surface area contributed by atoms with Crippen LogP contribution >= 0.6 is 0 Å². The molecule has 4 nitrogen and oxygen atoms in total. The smallest absolute Gasteiger partial charge is 0.307 e. The van der Waals surface area contributed by atoms with Crippen molar-refractivity contribution in [3.63, 3.8) is 0 Å². The number of hydrogen-bond acceptors (Lipinski definition) is 3. The van der Waals surface area contributed by atoms with Crippen LogP contribution in [0.2, 0.25) is 0 Å². The highest BCUT2D eigenvalue weighted by molar-refractivity contribution is 5.70. The van der Waals surface area contributed by atoms with Crippen LogP contribution < -0.4 is 10.1 Å². The molecule has 1 aromatic carbocycles. The molecule has 0 radical (unpaired) electrons. The lowest BCUT2D eigenvalue weighted by atomic mass is 9.96. The summed E-state index contributed by atoms with van der Waals surface area (Å²) in [5.41, 5.74) is 2.21. The number of carboxylic acids is 1. The van der Waals surface area contributed by atoms with E-state index in [2.05, 4.69) is 5.32 Å². The average molecular weight is 235 g/mol. The summed E-state index contributed by atoms with van der Waals surface area (Å²) in [5.74, 6) is -0.158. The second-order valence-electron chi connectivity index (χ2n) is 4.41. The van der Waals surface area contributed by atoms with Crippen LogP contribution in [0.3, 0.4) is 0 Å². The summed E-state index contributed by atoms with van der Waals surface area (Å²) < 4.78 is 5.28. The first-order chi connectivity index (χ1) is 8.13. The molecule has 1 heterocycles. The van der Waals surface area contributed by atoms with Gasteiger partial charge in [0.1, 0.15) is 5.75 Å². The third-order valence-electron chi connectivity index (χ3n) is 3.40. The van der Waals surface area contributed by atoms with Crippen molar-refractivity contribution >= 4 is 5.97 Å². The van der Waals surface area contributed by atoms with Gasteiger partial charge in [-0.1, -0.05) is 12.1 Å². The van der Waals surface area contributed by atoms with Crippen LogP contribution in [0, 0.1) is 12.8 Å². The van der Waals surface area contributed by atoms with Crippen LogP contribution in [-0.2, 0) is 4.79 Å². The molecule has 1 fully saturated rings. The first-order valence-corrected chi connectivity index (χ1v) is 5.73. The van der Waals surface area contributed by atoms with E-state index in [1.165, 1.54) is 0 Å². The predicted molar refractivity (Wildman–Crippen MR) is 64.2 cm³/mol. The highest BCUT2D eigenvalue weighted by Gasteiger charge is 2.31. The lowest BCUT2D eigenvalue weighted by Crippen LogP contribution is -2.17. The number of ether oxygens (including phenoxy) is 1. The fourth-order valence-electron chi connectivity index (χ4n) is 2.39. The second-order valence-corrected chi connectivity index (χ2v) is 4.41. The van der Waals surface area contributed by atoms with E-state index in [1.54, 1.807) is 7.11 Å². The highest BCUT2D eigenvalue weighted by atomic mass is 16.5. The number of hydrogen-bond donors (Lipinski definition) is 2. The number of methoxy groups -OCH3 is 1. The molecule has 17 heavy (non-hydrogen) atoms. The molecule has 1 aliphatic heterocycles. The molecule has 0 bridgehead atoms. The summed E-state index contributed by atoms with van der Waals surface area (Å²) in [4.78, 5) is 10.9. The summed E-state index contributed by atoms with van der Waals surface area (Å²) in [5, 5.41) is 12.2. The molecular formula is C13H17NO3. The predicted octanol–water partition coefficient (Wildman–Crippen LogP) is 1.74. The zero-order valence-electron chi connectivity index (χ0n) is 10.1. The third-order valence-corrected chi connectivity index (χ3v) is 3.40. The van der Waals surface area contributed by atoms with Gasteiger partial charge in [-0.05, 0) is 30.5 Å². The second kappa shape index (κ2) is 4.75. The standard InChI is InChI=1S/C13H17NO3/c1-8-10(4-3-5-12(8)17-2)11-6-9(7-14-11)13(15)16/h3-5,9,11,14H,6-7H2,1-2H3,(H,15,16). The molecule has 1 saturated heterocycles. The Kier molecular flexibility index (Phi) is 3.33. The van der Waals surface area contributed by atoms with Crippen LogP contribution in [0.1, 0.15) is 23.6 Å². The summed E-state index contributed by atoms with van der Waals surface area (Å²) in [6, 6.07) is 6.00. The molecule has 2 atom stereocenters. The van der Waals surface area contributed by atoms with Gasteiger partial charge >= 0.3 is 5.97 Å². The molecule has 2 N–H and O–H groups in total. The third kappa shape index (κ3) is 2.26. The zero-order valence-corrected chi connectivity index (χ0v) is 10.1. The van der Waals surface area contributed by atoms with Gasteiger partial charge in [-0.15, -0.1) is 0 Å². The van der Waals surface area contributed by atoms with Crippen molar-refractivity contribution in [2.75, 3.05) is 13.7 Å². The fraction of sp³-hybridized carbons (Fsp3) is 0.462. The van der Waals surface area contributed by atoms with Crippen molar-refractivity contribution in [2.24, 2.45) is 5.92 Å². The SMILES string of the molecule is COc1cccc(C2CC(C(=O)O)CN2)c1C. The highest BCUT2D eigenvalue weighted by Crippen LogP contribution is 2.32. The Morgan fingerprint density at radius 1 is 1.53 bits per heavy atom. The van der Waals surface area contributed by atoms with Crippen molar-refractivity contribution in [3.05, 3.63) is 29.3 Å². The molecular weight excluding hydrogens is 218 g/mol. The molecule has 2 unspecified atom stereocenters. The fourth-order valence-corrected chi connectivity index (χ4v) is 2.39. The van der Waals surface area contributed by atoms with Gasteiger partial charge < -0.3 is 15.2 Å². The van der Waals surface area contributed by atoms with Gasteiger partial charge in [0.15, 0.2) is 0 Å². The van der Waals surface area contributed by atoms with Crippen LogP contribution in [0.15, 0.2) is 18.2 Å². The molecule has 0 aliphatic carbocycles. The summed E-state index contributed by atoms with van der Waals surface area (Å²) in [6.07, 6.45) is 0.642. The van der Waals surface area contributed by atoms with Crippen LogP contribution in [0.4, 0.5) is 0 Å². The summed E-state index contributed by atoms with van der Waals surface area (Å²) in [6.45, 7) is 2.54. The molecule has 1 aromatic rings. The molecule has 1 aliphatic rings. The van der Waals surface area contributed by atoms with Crippen molar-refractivity contribution in [1.29, 1.82) is 0 Å². The van der Waals surface area contributed by atoms with E-state index in [0.29, 0.717) is 13.0 Å². The van der Waals surface area contributed by atoms with Crippen molar-refractivity contribution in [3.8, 4) is 5.75 Å². The first-order valence-electron chi connectivity index (χ1n) is 5.73. The number of carboxylic acid groups (broad SMARTS) is 1. The molecule has 0 amide bonds. The first kappa shape index (κ1) is 11.9. The van der Waals surface area contributed by atoms with Gasteiger partial charge in [0.05, 0.1) is 13.0 Å². The maximum atomic E-state index is 10.9. The molecule has 4 heteroatoms. The average Bonchev–Trinajstić information content (AvgIpc) is 2.78. The molecule has 0 spiro atoms. The lowest BCUT2D eigenvalue weighted by molar-refractivity contribution is -0.141. The summed E-state index contributed by atoms with van der Waals surface area (Å²) in [7, 11) is 1.65. The van der Waals surface area contributed by atoms with E-state index in [-0.39, 0.29) is 12.0 Å². The van der Waals surface area contributed by atoms with Crippen molar-refractivity contribution < 1.29 is 14.6 Å². The zero-order chi connectivity index (χ0) is 12.4. The maximum absolute atomic E-state index is 10.9. The van der Waals surface area contributed by atoms with E-state index in [4.69, 9.17) is 9.84 Å². The van der Waals surface area contributed by atoms with Crippen LogP contribution in [0.25, 0.3) is 0 Å². The normalized spacial score (nSPS) is 23.6. The molecule has 0 saturated carbocycles. The van der Waals surface area contributed by atoms with Crippen LogP contribution in [-0.4, -0.2) is 24.7 Å². The maximum Gasteiger partial charge on any atom is 0.307 e. The van der Waals surface area contributed by atoms with Crippen molar-refractivity contribution in [1.82, 2.24) is 5.32 Å². The van der Waals surface area contributed by atoms with E-state index in [9.17, 15) is 4.79 Å². The van der Waals surface area contributed by atoms with Gasteiger partial charge in [-0.3, -0.25) is 4.79 Å². The topological polar surface area (TPSA) is 58.6 Å². The van der Waals surface area contributed by atoms with E-state index >= 15 is 0 Å². The number of nitrogens with one attached hydrogen (secondary N) is 1. The van der Waals surface area contributed by atoms with Gasteiger partial charge in [-0.25, -0.2) is 0 Å². The Balaban J connectivity index is 2.22. The lowest BCUT2D eigenvalue weighted by Gasteiger charge is -2.16. The largest absolute Gasteiger partial charge is 0.496 e.